The molecule has 23 heavy (non-hydrogen) atoms. The molecule has 0 aliphatic carbocycles. The number of carbonyl (C=O) groups excluding carboxylic acids is 1. The van der Waals surface area contributed by atoms with Crippen molar-refractivity contribution in [3.8, 4) is 0 Å². The summed E-state index contributed by atoms with van der Waals surface area (Å²) in [4.78, 5) is 22.7. The Labute approximate surface area is 137 Å². The predicted molar refractivity (Wildman–Crippen MR) is 93.1 cm³/mol. The lowest BCUT2D eigenvalue weighted by Gasteiger charge is -2.14. The Morgan fingerprint density at radius 2 is 1.91 bits per heavy atom. The topological polar surface area (TPSA) is 70.2 Å². The van der Waals surface area contributed by atoms with E-state index >= 15 is 0 Å². The van der Waals surface area contributed by atoms with Gasteiger partial charge in [-0.05, 0) is 26.0 Å². The fourth-order valence-electron chi connectivity index (χ4n) is 2.10. The van der Waals surface area contributed by atoms with Gasteiger partial charge in [0.25, 0.3) is 5.91 Å². The third-order valence-electron chi connectivity index (χ3n) is 3.27. The number of aromatic nitrogens is 2. The van der Waals surface area contributed by atoms with Gasteiger partial charge < -0.3 is 15.5 Å². The van der Waals surface area contributed by atoms with Crippen LogP contribution in [0.15, 0.2) is 30.3 Å². The molecule has 0 saturated heterocycles. The smallest absolute Gasteiger partial charge is 0.251 e. The average molecular weight is 313 g/mol. The second-order valence-corrected chi connectivity index (χ2v) is 5.64. The molecule has 0 atom stereocenters. The molecule has 6 nitrogen and oxygen atoms in total. The zero-order valence-electron chi connectivity index (χ0n) is 14.1. The number of hydrogen-bond acceptors (Lipinski definition) is 5. The minimum atomic E-state index is -0.0744. The van der Waals surface area contributed by atoms with Crippen molar-refractivity contribution in [1.29, 1.82) is 0 Å². The van der Waals surface area contributed by atoms with E-state index in [4.69, 9.17) is 0 Å². The standard InChI is InChI=1S/C17H23N5O/c1-12-6-5-7-14(10-12)16(23)18-8-9-19-17-20-13(2)11-15(21-17)22(3)4/h5-7,10-11H,8-9H2,1-4H3,(H,18,23)(H,19,20,21). The summed E-state index contributed by atoms with van der Waals surface area (Å²) in [6, 6.07) is 9.45. The Balaban J connectivity index is 1.85. The summed E-state index contributed by atoms with van der Waals surface area (Å²) < 4.78 is 0. The number of aryl methyl sites for hydroxylation is 2. The van der Waals surface area contributed by atoms with Crippen molar-refractivity contribution >= 4 is 17.7 Å². The van der Waals surface area contributed by atoms with E-state index in [9.17, 15) is 4.79 Å². The highest BCUT2D eigenvalue weighted by molar-refractivity contribution is 5.94. The van der Waals surface area contributed by atoms with E-state index < -0.39 is 0 Å². The van der Waals surface area contributed by atoms with Crippen molar-refractivity contribution in [3.05, 3.63) is 47.2 Å². The molecule has 2 N–H and O–H groups in total. The number of anilines is 2. The van der Waals surface area contributed by atoms with Gasteiger partial charge in [-0.3, -0.25) is 4.79 Å². The summed E-state index contributed by atoms with van der Waals surface area (Å²) >= 11 is 0. The molecule has 0 unspecified atom stereocenters. The number of nitrogens with zero attached hydrogens (tertiary/aromatic N) is 3. The second kappa shape index (κ2) is 7.58. The first-order valence-corrected chi connectivity index (χ1v) is 7.57. The van der Waals surface area contributed by atoms with Crippen molar-refractivity contribution < 1.29 is 4.79 Å². The zero-order valence-corrected chi connectivity index (χ0v) is 14.1. The Morgan fingerprint density at radius 3 is 2.61 bits per heavy atom. The average Bonchev–Trinajstić information content (AvgIpc) is 2.50. The lowest BCUT2D eigenvalue weighted by Crippen LogP contribution is -2.29. The third-order valence-corrected chi connectivity index (χ3v) is 3.27. The van der Waals surface area contributed by atoms with E-state index in [1.807, 2.05) is 63.2 Å². The quantitative estimate of drug-likeness (QED) is 0.798. The molecule has 0 aliphatic rings. The number of rotatable bonds is 6. The van der Waals surface area contributed by atoms with Crippen molar-refractivity contribution in [2.45, 2.75) is 13.8 Å². The maximum absolute atomic E-state index is 12.0. The van der Waals surface area contributed by atoms with Crippen LogP contribution in [0.1, 0.15) is 21.6 Å². The second-order valence-electron chi connectivity index (χ2n) is 5.64. The Hall–Kier alpha value is -2.63. The van der Waals surface area contributed by atoms with Crippen LogP contribution in [0, 0.1) is 13.8 Å². The van der Waals surface area contributed by atoms with Gasteiger partial charge in [0.15, 0.2) is 0 Å². The molecule has 1 aromatic heterocycles. The molecule has 6 heteroatoms. The molecule has 2 aromatic rings. The summed E-state index contributed by atoms with van der Waals surface area (Å²) in [5.74, 6) is 1.34. The molecule has 0 fully saturated rings. The maximum Gasteiger partial charge on any atom is 0.251 e. The van der Waals surface area contributed by atoms with Gasteiger partial charge in [0.1, 0.15) is 5.82 Å². The number of nitrogens with one attached hydrogen (secondary N) is 2. The fourth-order valence-corrected chi connectivity index (χ4v) is 2.10. The van der Waals surface area contributed by atoms with Crippen LogP contribution in [0.2, 0.25) is 0 Å². The van der Waals surface area contributed by atoms with Crippen molar-refractivity contribution in [2.24, 2.45) is 0 Å². The largest absolute Gasteiger partial charge is 0.363 e. The van der Waals surface area contributed by atoms with Crippen LogP contribution in [0.5, 0.6) is 0 Å². The summed E-state index contributed by atoms with van der Waals surface area (Å²) in [6.45, 7) is 4.96. The van der Waals surface area contributed by atoms with Crippen LogP contribution in [-0.2, 0) is 0 Å². The highest BCUT2D eigenvalue weighted by atomic mass is 16.1. The third kappa shape index (κ3) is 4.95. The van der Waals surface area contributed by atoms with Crippen molar-refractivity contribution in [3.63, 3.8) is 0 Å². The number of benzene rings is 1. The Kier molecular flexibility index (Phi) is 5.51. The molecule has 2 rings (SSSR count). The molecule has 122 valence electrons. The fraction of sp³-hybridized carbons (Fsp3) is 0.353. The van der Waals surface area contributed by atoms with E-state index in [0.717, 1.165) is 17.1 Å². The minimum absolute atomic E-state index is 0.0744. The van der Waals surface area contributed by atoms with E-state index in [1.165, 1.54) is 0 Å². The molecule has 0 bridgehead atoms. The predicted octanol–water partition coefficient (Wildman–Crippen LogP) is 2.00. The zero-order chi connectivity index (χ0) is 16.8. The van der Waals surface area contributed by atoms with Crippen LogP contribution in [0.25, 0.3) is 0 Å². The van der Waals surface area contributed by atoms with E-state index in [-0.39, 0.29) is 5.91 Å². The number of carbonyl (C=O) groups is 1. The van der Waals surface area contributed by atoms with E-state index in [1.54, 1.807) is 0 Å². The SMILES string of the molecule is Cc1cccc(C(=O)NCCNc2nc(C)cc(N(C)C)n2)c1. The normalized spacial score (nSPS) is 10.3. The monoisotopic (exact) mass is 313 g/mol. The first-order valence-electron chi connectivity index (χ1n) is 7.57. The van der Waals surface area contributed by atoms with Crippen LogP contribution < -0.4 is 15.5 Å². The lowest BCUT2D eigenvalue weighted by molar-refractivity contribution is 0.0955. The molecule has 1 heterocycles. The van der Waals surface area contributed by atoms with Gasteiger partial charge in [0.2, 0.25) is 5.95 Å². The number of hydrogen-bond donors (Lipinski definition) is 2. The summed E-state index contributed by atoms with van der Waals surface area (Å²) in [5.41, 5.74) is 2.64. The summed E-state index contributed by atoms with van der Waals surface area (Å²) in [6.07, 6.45) is 0. The molecule has 1 aromatic carbocycles. The lowest BCUT2D eigenvalue weighted by atomic mass is 10.1. The molecular formula is C17H23N5O. The van der Waals surface area contributed by atoms with Gasteiger partial charge in [0.05, 0.1) is 0 Å². The molecule has 0 saturated carbocycles. The first-order chi connectivity index (χ1) is 11.0. The van der Waals surface area contributed by atoms with E-state index in [2.05, 4.69) is 20.6 Å². The Bertz CT molecular complexity index is 684. The molecule has 0 spiro atoms. The maximum atomic E-state index is 12.0. The highest BCUT2D eigenvalue weighted by Crippen LogP contribution is 2.11. The van der Waals surface area contributed by atoms with Crippen LogP contribution in [-0.4, -0.2) is 43.1 Å². The van der Waals surface area contributed by atoms with Gasteiger partial charge in [-0.1, -0.05) is 17.7 Å². The minimum Gasteiger partial charge on any atom is -0.363 e. The van der Waals surface area contributed by atoms with Crippen molar-refractivity contribution in [1.82, 2.24) is 15.3 Å². The van der Waals surface area contributed by atoms with Crippen molar-refractivity contribution in [2.75, 3.05) is 37.4 Å². The molecule has 1 amide bonds. The molecule has 0 aliphatic heterocycles. The number of amides is 1. The highest BCUT2D eigenvalue weighted by Gasteiger charge is 2.06. The van der Waals surface area contributed by atoms with Gasteiger partial charge in [-0.15, -0.1) is 0 Å². The summed E-state index contributed by atoms with van der Waals surface area (Å²) in [5, 5.41) is 6.02. The summed E-state index contributed by atoms with van der Waals surface area (Å²) in [7, 11) is 3.88. The van der Waals surface area contributed by atoms with Gasteiger partial charge in [-0.2, -0.15) is 4.98 Å². The van der Waals surface area contributed by atoms with Gasteiger partial charge in [0, 0.05) is 44.5 Å². The van der Waals surface area contributed by atoms with Gasteiger partial charge in [-0.25, -0.2) is 4.98 Å². The first kappa shape index (κ1) is 16.7. The van der Waals surface area contributed by atoms with Gasteiger partial charge >= 0.3 is 0 Å². The van der Waals surface area contributed by atoms with Crippen LogP contribution in [0.4, 0.5) is 11.8 Å². The Morgan fingerprint density at radius 1 is 1.13 bits per heavy atom. The molecular weight excluding hydrogens is 290 g/mol. The van der Waals surface area contributed by atoms with Crippen LogP contribution >= 0.6 is 0 Å². The van der Waals surface area contributed by atoms with Crippen LogP contribution in [0.3, 0.4) is 0 Å². The van der Waals surface area contributed by atoms with E-state index in [0.29, 0.717) is 24.6 Å². The molecule has 0 radical (unpaired) electrons.